The third-order valence-electron chi connectivity index (χ3n) is 4.62. The van der Waals surface area contributed by atoms with Crippen molar-refractivity contribution < 1.29 is 9.59 Å². The van der Waals surface area contributed by atoms with Crippen molar-refractivity contribution in [1.82, 2.24) is 5.32 Å². The summed E-state index contributed by atoms with van der Waals surface area (Å²) in [6.45, 7) is 6.21. The maximum absolute atomic E-state index is 11.9. The van der Waals surface area contributed by atoms with Crippen LogP contribution in [0.25, 0.3) is 0 Å². The summed E-state index contributed by atoms with van der Waals surface area (Å²) in [7, 11) is 0. The minimum Gasteiger partial charge on any atom is -0.296 e. The Bertz CT molecular complexity index is 308. The highest BCUT2D eigenvalue weighted by molar-refractivity contribution is 5.99. The van der Waals surface area contributed by atoms with Crippen molar-refractivity contribution in [1.29, 1.82) is 0 Å². The minimum atomic E-state index is -0.357. The molecular weight excluding hydrogens is 178 g/mol. The molecule has 2 rings (SSSR count). The number of nitrogens with one attached hydrogen (secondary N) is 1. The number of carbonyl (C=O) groups excluding carboxylic acids is 2. The molecule has 1 saturated heterocycles. The van der Waals surface area contributed by atoms with Crippen LogP contribution in [-0.4, -0.2) is 11.8 Å². The highest BCUT2D eigenvalue weighted by Crippen LogP contribution is 2.58. The number of carbonyl (C=O) groups is 2. The first-order valence-corrected chi connectivity index (χ1v) is 5.22. The molecule has 0 aromatic heterocycles. The van der Waals surface area contributed by atoms with Gasteiger partial charge in [0, 0.05) is 6.42 Å². The molecule has 2 fully saturated rings. The summed E-state index contributed by atoms with van der Waals surface area (Å²) in [5.41, 5.74) is -0.410. The molecule has 3 heteroatoms. The van der Waals surface area contributed by atoms with Crippen LogP contribution >= 0.6 is 0 Å². The van der Waals surface area contributed by atoms with E-state index in [1.54, 1.807) is 0 Å². The van der Waals surface area contributed by atoms with Crippen LogP contribution < -0.4 is 5.32 Å². The maximum Gasteiger partial charge on any atom is 0.233 e. The minimum absolute atomic E-state index is 0.0523. The van der Waals surface area contributed by atoms with Gasteiger partial charge in [-0.05, 0) is 24.2 Å². The average Bonchev–Trinajstić information content (AvgIpc) is 2.25. The van der Waals surface area contributed by atoms with Crippen LogP contribution in [0.2, 0.25) is 0 Å². The summed E-state index contributed by atoms with van der Waals surface area (Å²) in [6.07, 6.45) is 2.42. The molecule has 1 heterocycles. The van der Waals surface area contributed by atoms with Gasteiger partial charge < -0.3 is 0 Å². The fourth-order valence-corrected chi connectivity index (χ4v) is 2.90. The molecule has 2 amide bonds. The first-order valence-electron chi connectivity index (χ1n) is 5.22. The Morgan fingerprint density at radius 2 is 1.93 bits per heavy atom. The molecule has 0 aromatic carbocycles. The van der Waals surface area contributed by atoms with E-state index in [-0.39, 0.29) is 22.6 Å². The average molecular weight is 195 g/mol. The Kier molecular flexibility index (Phi) is 1.79. The quantitative estimate of drug-likeness (QED) is 0.595. The molecule has 2 bridgehead atoms. The van der Waals surface area contributed by atoms with Gasteiger partial charge in [-0.2, -0.15) is 0 Å². The monoisotopic (exact) mass is 195 g/mol. The Balaban J connectivity index is 2.47. The second-order valence-corrected chi connectivity index (χ2v) is 5.37. The zero-order chi connectivity index (χ0) is 10.6. The van der Waals surface area contributed by atoms with Crippen LogP contribution in [-0.2, 0) is 9.59 Å². The van der Waals surface area contributed by atoms with E-state index in [1.165, 1.54) is 0 Å². The first kappa shape index (κ1) is 9.69. The van der Waals surface area contributed by atoms with Crippen molar-refractivity contribution in [3.63, 3.8) is 0 Å². The molecule has 0 aromatic rings. The summed E-state index contributed by atoms with van der Waals surface area (Å²) in [4.78, 5) is 23.3. The molecule has 0 unspecified atom stereocenters. The number of imide groups is 1. The van der Waals surface area contributed by atoms with Gasteiger partial charge in [-0.15, -0.1) is 0 Å². The van der Waals surface area contributed by atoms with Crippen molar-refractivity contribution in [2.24, 2.45) is 16.7 Å². The predicted molar refractivity (Wildman–Crippen MR) is 52.4 cm³/mol. The van der Waals surface area contributed by atoms with Gasteiger partial charge in [0.15, 0.2) is 0 Å². The molecule has 78 valence electrons. The van der Waals surface area contributed by atoms with E-state index in [4.69, 9.17) is 0 Å². The van der Waals surface area contributed by atoms with Crippen LogP contribution in [0.15, 0.2) is 0 Å². The second-order valence-electron chi connectivity index (χ2n) is 5.37. The Labute approximate surface area is 84.2 Å². The second kappa shape index (κ2) is 2.59. The van der Waals surface area contributed by atoms with Gasteiger partial charge >= 0.3 is 0 Å². The van der Waals surface area contributed by atoms with Crippen LogP contribution in [0.4, 0.5) is 0 Å². The summed E-state index contributed by atoms with van der Waals surface area (Å²) in [5.74, 6) is 0.183. The lowest BCUT2D eigenvalue weighted by atomic mass is 9.65. The first-order chi connectivity index (χ1) is 6.38. The van der Waals surface area contributed by atoms with E-state index >= 15 is 0 Å². The van der Waals surface area contributed by atoms with Gasteiger partial charge in [0.05, 0.1) is 5.41 Å². The molecule has 0 spiro atoms. The van der Waals surface area contributed by atoms with Crippen molar-refractivity contribution >= 4 is 11.8 Å². The number of fused-ring (bicyclic) bond motifs is 2. The van der Waals surface area contributed by atoms with E-state index in [9.17, 15) is 9.59 Å². The number of hydrogen-bond acceptors (Lipinski definition) is 2. The maximum atomic E-state index is 11.9. The Hall–Kier alpha value is -0.860. The summed E-state index contributed by atoms with van der Waals surface area (Å²) in [5, 5.41) is 2.49. The van der Waals surface area contributed by atoms with Gasteiger partial charge in [0.2, 0.25) is 11.8 Å². The van der Waals surface area contributed by atoms with Gasteiger partial charge in [-0.1, -0.05) is 20.8 Å². The third-order valence-corrected chi connectivity index (χ3v) is 4.62. The zero-order valence-electron chi connectivity index (χ0n) is 9.02. The molecular formula is C11H17NO2. The SMILES string of the molecule is CC1(C)[C@H]2CC[C@@]1(C)C(=O)NC(=O)C2. The summed E-state index contributed by atoms with van der Waals surface area (Å²) >= 11 is 0. The standard InChI is InChI=1S/C11H17NO2/c1-10(2)7-4-5-11(10,3)9(14)12-8(13)6-7/h7H,4-6H2,1-3H3,(H,12,13,14)/t7-,11-/m0/s1. The van der Waals surface area contributed by atoms with Crippen LogP contribution in [0.3, 0.4) is 0 Å². The Morgan fingerprint density at radius 1 is 1.29 bits per heavy atom. The lowest BCUT2D eigenvalue weighted by Gasteiger charge is -2.37. The van der Waals surface area contributed by atoms with Gasteiger partial charge in [-0.25, -0.2) is 0 Å². The topological polar surface area (TPSA) is 46.2 Å². The molecule has 14 heavy (non-hydrogen) atoms. The fourth-order valence-electron chi connectivity index (χ4n) is 2.90. The van der Waals surface area contributed by atoms with E-state index in [0.29, 0.717) is 12.3 Å². The van der Waals surface area contributed by atoms with Crippen molar-refractivity contribution in [2.75, 3.05) is 0 Å². The molecule has 3 nitrogen and oxygen atoms in total. The highest BCUT2D eigenvalue weighted by Gasteiger charge is 2.57. The normalized spacial score (nSPS) is 40.6. The number of amides is 2. The van der Waals surface area contributed by atoms with Gasteiger partial charge in [0.1, 0.15) is 0 Å². The lowest BCUT2D eigenvalue weighted by Crippen LogP contribution is -2.45. The zero-order valence-corrected chi connectivity index (χ0v) is 9.02. The predicted octanol–water partition coefficient (Wildman–Crippen LogP) is 1.48. The third kappa shape index (κ3) is 0.983. The summed E-state index contributed by atoms with van der Waals surface area (Å²) in [6, 6.07) is 0. The smallest absolute Gasteiger partial charge is 0.233 e. The van der Waals surface area contributed by atoms with Crippen molar-refractivity contribution in [3.8, 4) is 0 Å². The molecule has 1 N–H and O–H groups in total. The van der Waals surface area contributed by atoms with E-state index in [0.717, 1.165) is 12.8 Å². The Morgan fingerprint density at radius 3 is 2.57 bits per heavy atom. The fraction of sp³-hybridized carbons (Fsp3) is 0.818. The van der Waals surface area contributed by atoms with E-state index in [1.807, 2.05) is 6.92 Å². The molecule has 1 aliphatic heterocycles. The molecule has 0 radical (unpaired) electrons. The largest absolute Gasteiger partial charge is 0.296 e. The number of rotatable bonds is 0. The van der Waals surface area contributed by atoms with Gasteiger partial charge in [0.25, 0.3) is 0 Å². The van der Waals surface area contributed by atoms with Crippen molar-refractivity contribution in [2.45, 2.75) is 40.0 Å². The van der Waals surface area contributed by atoms with Crippen LogP contribution in [0.1, 0.15) is 40.0 Å². The molecule has 2 atom stereocenters. The van der Waals surface area contributed by atoms with Crippen LogP contribution in [0.5, 0.6) is 0 Å². The highest BCUT2D eigenvalue weighted by atomic mass is 16.2. The molecule has 2 aliphatic rings. The summed E-state index contributed by atoms with van der Waals surface area (Å²) < 4.78 is 0. The molecule has 1 aliphatic carbocycles. The van der Waals surface area contributed by atoms with Crippen LogP contribution in [0, 0.1) is 16.7 Å². The van der Waals surface area contributed by atoms with Crippen molar-refractivity contribution in [3.05, 3.63) is 0 Å². The van der Waals surface area contributed by atoms with E-state index < -0.39 is 0 Å². The van der Waals surface area contributed by atoms with E-state index in [2.05, 4.69) is 19.2 Å². The number of hydrogen-bond donors (Lipinski definition) is 1. The molecule has 1 saturated carbocycles. The lowest BCUT2D eigenvalue weighted by molar-refractivity contribution is -0.137. The van der Waals surface area contributed by atoms with Gasteiger partial charge in [-0.3, -0.25) is 14.9 Å².